The Morgan fingerprint density at radius 2 is 2.39 bits per heavy atom. The van der Waals surface area contributed by atoms with E-state index in [1.165, 1.54) is 6.07 Å². The lowest BCUT2D eigenvalue weighted by Gasteiger charge is -2.11. The monoisotopic (exact) mass is 250 g/mol. The standard InChI is InChI=1S/C10H10N4O4/c1-6(4-10(15)16)12-9-3-2-8(14(17)18)7(5-11)13-9/h2-3,6H,4H2,1H3,(H,12,13)(H,15,16). The van der Waals surface area contributed by atoms with Crippen LogP contribution in [0.4, 0.5) is 11.5 Å². The van der Waals surface area contributed by atoms with E-state index >= 15 is 0 Å². The minimum atomic E-state index is -0.975. The minimum Gasteiger partial charge on any atom is -0.481 e. The van der Waals surface area contributed by atoms with Crippen molar-refractivity contribution in [2.24, 2.45) is 0 Å². The molecule has 1 aromatic rings. The van der Waals surface area contributed by atoms with E-state index in [1.807, 2.05) is 0 Å². The van der Waals surface area contributed by atoms with Crippen LogP contribution < -0.4 is 5.32 Å². The second-order valence-corrected chi connectivity index (χ2v) is 3.58. The molecule has 0 aliphatic rings. The van der Waals surface area contributed by atoms with Gasteiger partial charge in [-0.1, -0.05) is 0 Å². The van der Waals surface area contributed by atoms with E-state index in [9.17, 15) is 14.9 Å². The lowest BCUT2D eigenvalue weighted by molar-refractivity contribution is -0.385. The Labute approximate surface area is 102 Å². The van der Waals surface area contributed by atoms with Gasteiger partial charge in [0, 0.05) is 12.1 Å². The third-order valence-electron chi connectivity index (χ3n) is 2.05. The summed E-state index contributed by atoms with van der Waals surface area (Å²) in [7, 11) is 0. The highest BCUT2D eigenvalue weighted by atomic mass is 16.6. The number of carboxylic acid groups (broad SMARTS) is 1. The van der Waals surface area contributed by atoms with Crippen molar-refractivity contribution in [1.29, 1.82) is 5.26 Å². The number of rotatable bonds is 5. The topological polar surface area (TPSA) is 129 Å². The molecule has 0 aromatic carbocycles. The van der Waals surface area contributed by atoms with E-state index in [0.29, 0.717) is 0 Å². The molecule has 1 aromatic heterocycles. The van der Waals surface area contributed by atoms with E-state index in [-0.39, 0.29) is 23.6 Å². The number of carbonyl (C=O) groups is 1. The van der Waals surface area contributed by atoms with Crippen molar-refractivity contribution >= 4 is 17.5 Å². The predicted molar refractivity (Wildman–Crippen MR) is 60.9 cm³/mol. The van der Waals surface area contributed by atoms with Gasteiger partial charge in [-0.05, 0) is 13.0 Å². The van der Waals surface area contributed by atoms with Gasteiger partial charge in [0.15, 0.2) is 0 Å². The van der Waals surface area contributed by atoms with Gasteiger partial charge in [-0.3, -0.25) is 14.9 Å². The van der Waals surface area contributed by atoms with Gasteiger partial charge in [0.2, 0.25) is 5.69 Å². The van der Waals surface area contributed by atoms with Gasteiger partial charge in [0.1, 0.15) is 11.9 Å². The van der Waals surface area contributed by atoms with Crippen LogP contribution in [0.15, 0.2) is 12.1 Å². The molecule has 8 heteroatoms. The first kappa shape index (κ1) is 13.4. The van der Waals surface area contributed by atoms with Crippen LogP contribution in [0.2, 0.25) is 0 Å². The molecule has 0 fully saturated rings. The molecule has 0 aliphatic heterocycles. The molecule has 0 radical (unpaired) electrons. The first-order valence-corrected chi connectivity index (χ1v) is 4.98. The molecule has 2 N–H and O–H groups in total. The zero-order valence-electron chi connectivity index (χ0n) is 9.45. The number of carboxylic acids is 1. The third-order valence-corrected chi connectivity index (χ3v) is 2.05. The Kier molecular flexibility index (Phi) is 4.15. The highest BCUT2D eigenvalue weighted by Gasteiger charge is 2.16. The summed E-state index contributed by atoms with van der Waals surface area (Å²) in [6.45, 7) is 1.63. The molecule has 0 saturated carbocycles. The summed E-state index contributed by atoms with van der Waals surface area (Å²) >= 11 is 0. The van der Waals surface area contributed by atoms with Crippen LogP contribution in [0.25, 0.3) is 0 Å². The summed E-state index contributed by atoms with van der Waals surface area (Å²) in [5.74, 6) is -0.747. The molecule has 18 heavy (non-hydrogen) atoms. The second kappa shape index (κ2) is 5.58. The van der Waals surface area contributed by atoms with Crippen LogP contribution in [0, 0.1) is 21.4 Å². The van der Waals surface area contributed by atoms with Gasteiger partial charge in [0.25, 0.3) is 0 Å². The summed E-state index contributed by atoms with van der Waals surface area (Å²) < 4.78 is 0. The summed E-state index contributed by atoms with van der Waals surface area (Å²) in [5, 5.41) is 30.6. The van der Waals surface area contributed by atoms with Crippen LogP contribution in [0.3, 0.4) is 0 Å². The molecule has 1 atom stereocenters. The highest BCUT2D eigenvalue weighted by Crippen LogP contribution is 2.18. The number of pyridine rings is 1. The van der Waals surface area contributed by atoms with Gasteiger partial charge in [-0.15, -0.1) is 0 Å². The maximum Gasteiger partial charge on any atom is 0.305 e. The normalized spacial score (nSPS) is 11.3. The molecule has 8 nitrogen and oxygen atoms in total. The summed E-state index contributed by atoms with van der Waals surface area (Å²) in [5.41, 5.74) is -0.693. The van der Waals surface area contributed by atoms with Gasteiger partial charge in [-0.25, -0.2) is 4.98 Å². The van der Waals surface area contributed by atoms with E-state index in [0.717, 1.165) is 6.07 Å². The molecular weight excluding hydrogens is 240 g/mol. The number of nitriles is 1. The average molecular weight is 250 g/mol. The smallest absolute Gasteiger partial charge is 0.305 e. The van der Waals surface area contributed by atoms with Crippen LogP contribution in [-0.4, -0.2) is 27.0 Å². The number of nitrogens with one attached hydrogen (secondary N) is 1. The lowest BCUT2D eigenvalue weighted by Crippen LogP contribution is -2.20. The van der Waals surface area contributed by atoms with Gasteiger partial charge >= 0.3 is 11.7 Å². The quantitative estimate of drug-likeness (QED) is 0.591. The van der Waals surface area contributed by atoms with Crippen molar-refractivity contribution < 1.29 is 14.8 Å². The SMILES string of the molecule is CC(CC(=O)O)Nc1ccc([N+](=O)[O-])c(C#N)n1. The molecule has 0 bridgehead atoms. The summed E-state index contributed by atoms with van der Waals surface area (Å²) in [6, 6.07) is 3.71. The largest absolute Gasteiger partial charge is 0.481 e. The van der Waals surface area contributed by atoms with Crippen LogP contribution in [0.1, 0.15) is 19.0 Å². The van der Waals surface area contributed by atoms with Crippen molar-refractivity contribution in [3.63, 3.8) is 0 Å². The third kappa shape index (κ3) is 3.41. The highest BCUT2D eigenvalue weighted by molar-refractivity contribution is 5.68. The Morgan fingerprint density at radius 1 is 1.72 bits per heavy atom. The van der Waals surface area contributed by atoms with E-state index in [4.69, 9.17) is 10.4 Å². The maximum absolute atomic E-state index is 10.6. The van der Waals surface area contributed by atoms with Gasteiger partial charge < -0.3 is 10.4 Å². The van der Waals surface area contributed by atoms with Crippen LogP contribution in [-0.2, 0) is 4.79 Å². The molecule has 1 heterocycles. The molecule has 0 spiro atoms. The average Bonchev–Trinajstić information content (AvgIpc) is 2.27. The number of aromatic nitrogens is 1. The fourth-order valence-electron chi connectivity index (χ4n) is 1.33. The number of hydrogen-bond acceptors (Lipinski definition) is 6. The lowest BCUT2D eigenvalue weighted by atomic mass is 10.2. The zero-order chi connectivity index (χ0) is 13.7. The Balaban J connectivity index is 2.90. The second-order valence-electron chi connectivity index (χ2n) is 3.58. The molecule has 0 aliphatic carbocycles. The molecule has 1 rings (SSSR count). The summed E-state index contributed by atoms with van der Waals surface area (Å²) in [4.78, 5) is 24.1. The first-order chi connectivity index (χ1) is 8.43. The number of nitro groups is 1. The van der Waals surface area contributed by atoms with Crippen LogP contribution >= 0.6 is 0 Å². The number of anilines is 1. The predicted octanol–water partition coefficient (Wildman–Crippen LogP) is 1.14. The zero-order valence-corrected chi connectivity index (χ0v) is 9.45. The van der Waals surface area contributed by atoms with Crippen molar-refractivity contribution in [3.05, 3.63) is 27.9 Å². The number of aliphatic carboxylic acids is 1. The van der Waals surface area contributed by atoms with Crippen molar-refractivity contribution in [3.8, 4) is 6.07 Å². The molecule has 1 unspecified atom stereocenters. The minimum absolute atomic E-state index is 0.124. The first-order valence-electron chi connectivity index (χ1n) is 4.98. The fourth-order valence-corrected chi connectivity index (χ4v) is 1.33. The maximum atomic E-state index is 10.6. The molecule has 0 amide bonds. The Bertz CT molecular complexity index is 523. The molecular formula is C10H10N4O4. The Hall–Kier alpha value is -2.69. The van der Waals surface area contributed by atoms with Crippen molar-refractivity contribution in [2.75, 3.05) is 5.32 Å². The van der Waals surface area contributed by atoms with Gasteiger partial charge in [0.05, 0.1) is 11.3 Å². The van der Waals surface area contributed by atoms with Gasteiger partial charge in [-0.2, -0.15) is 5.26 Å². The number of hydrogen-bond donors (Lipinski definition) is 2. The van der Waals surface area contributed by atoms with Crippen molar-refractivity contribution in [1.82, 2.24) is 4.98 Å². The van der Waals surface area contributed by atoms with E-state index < -0.39 is 16.9 Å². The number of nitrogens with zero attached hydrogens (tertiary/aromatic N) is 3. The van der Waals surface area contributed by atoms with Crippen LogP contribution in [0.5, 0.6) is 0 Å². The van der Waals surface area contributed by atoms with Crippen molar-refractivity contribution in [2.45, 2.75) is 19.4 Å². The summed E-state index contributed by atoms with van der Waals surface area (Å²) in [6.07, 6.45) is -0.124. The molecule has 0 saturated heterocycles. The van der Waals surface area contributed by atoms with E-state index in [2.05, 4.69) is 10.3 Å². The fraction of sp³-hybridized carbons (Fsp3) is 0.300. The molecule has 94 valence electrons. The Morgan fingerprint density at radius 3 is 2.89 bits per heavy atom. The van der Waals surface area contributed by atoms with E-state index in [1.54, 1.807) is 13.0 Å².